The van der Waals surface area contributed by atoms with Crippen LogP contribution in [-0.2, 0) is 22.9 Å². The van der Waals surface area contributed by atoms with Crippen molar-refractivity contribution in [3.05, 3.63) is 87.9 Å². The van der Waals surface area contributed by atoms with E-state index < -0.39 is 15.9 Å². The van der Waals surface area contributed by atoms with Crippen molar-refractivity contribution < 1.29 is 17.6 Å². The number of nitrogens with zero attached hydrogens (tertiary/aromatic N) is 3. The van der Waals surface area contributed by atoms with E-state index in [-0.39, 0.29) is 16.5 Å². The summed E-state index contributed by atoms with van der Waals surface area (Å²) in [4.78, 5) is 13.8. The summed E-state index contributed by atoms with van der Waals surface area (Å²) in [5.74, 6) is -0.0652. The molecule has 2 aromatic carbocycles. The van der Waals surface area contributed by atoms with Crippen LogP contribution < -0.4 is 9.62 Å². The molecule has 0 fully saturated rings. The number of para-hydroxylation sites is 1. The van der Waals surface area contributed by atoms with Crippen LogP contribution in [0.2, 0.25) is 0 Å². The van der Waals surface area contributed by atoms with Gasteiger partial charge in [-0.2, -0.15) is 0 Å². The van der Waals surface area contributed by atoms with Gasteiger partial charge in [-0.1, -0.05) is 29.4 Å². The van der Waals surface area contributed by atoms with Crippen LogP contribution in [0, 0.1) is 0 Å². The van der Waals surface area contributed by atoms with Gasteiger partial charge in [-0.3, -0.25) is 14.4 Å². The van der Waals surface area contributed by atoms with E-state index in [9.17, 15) is 13.2 Å². The number of aryl methyl sites for hydroxylation is 1. The predicted molar refractivity (Wildman–Crippen MR) is 125 cm³/mol. The van der Waals surface area contributed by atoms with Crippen molar-refractivity contribution in [2.24, 2.45) is 0 Å². The molecule has 8 nitrogen and oxygen atoms in total. The van der Waals surface area contributed by atoms with Crippen molar-refractivity contribution >= 4 is 39.0 Å². The zero-order valence-electron chi connectivity index (χ0n) is 17.5. The molecule has 1 amide bonds. The molecular weight excluding hydrogens is 460 g/mol. The number of aromatic nitrogens is 2. The Morgan fingerprint density at radius 1 is 1.06 bits per heavy atom. The van der Waals surface area contributed by atoms with Gasteiger partial charge in [-0.25, -0.2) is 8.42 Å². The molecule has 0 unspecified atom stereocenters. The van der Waals surface area contributed by atoms with Crippen LogP contribution in [0.3, 0.4) is 0 Å². The number of carbonyl (C=O) groups excluding carboxylic acids is 1. The fourth-order valence-electron chi connectivity index (χ4n) is 3.76. The van der Waals surface area contributed by atoms with Crippen molar-refractivity contribution in [1.29, 1.82) is 0 Å². The largest absolute Gasteiger partial charge is 0.407 e. The summed E-state index contributed by atoms with van der Waals surface area (Å²) in [6.45, 7) is 0.423. The fraction of sp³-hybridized carbons (Fsp3) is 0.174. The van der Waals surface area contributed by atoms with Gasteiger partial charge in [0.05, 0.1) is 17.0 Å². The molecule has 0 spiro atoms. The lowest BCUT2D eigenvalue weighted by Crippen LogP contribution is -2.35. The highest BCUT2D eigenvalue weighted by atomic mass is 32.2. The van der Waals surface area contributed by atoms with Crippen molar-refractivity contribution in [3.63, 3.8) is 0 Å². The molecular formula is C23H20N4O4S2. The number of rotatable bonds is 6. The van der Waals surface area contributed by atoms with E-state index in [1.807, 2.05) is 41.8 Å². The summed E-state index contributed by atoms with van der Waals surface area (Å²) < 4.78 is 33.4. The molecule has 0 aliphatic carbocycles. The number of fused-ring (bicyclic) bond motifs is 1. The maximum atomic E-state index is 13.2. The van der Waals surface area contributed by atoms with Crippen LogP contribution in [0.1, 0.15) is 33.1 Å². The number of carbonyl (C=O) groups is 1. The lowest BCUT2D eigenvalue weighted by atomic mass is 10.0. The summed E-state index contributed by atoms with van der Waals surface area (Å²) in [5.41, 5.74) is 2.01. The lowest BCUT2D eigenvalue weighted by molar-refractivity contribution is 0.102. The number of benzene rings is 2. The first-order valence-electron chi connectivity index (χ1n) is 10.4. The van der Waals surface area contributed by atoms with E-state index in [2.05, 4.69) is 15.5 Å². The van der Waals surface area contributed by atoms with Crippen molar-refractivity contribution in [2.45, 2.75) is 24.2 Å². The minimum Gasteiger partial charge on any atom is -0.407 e. The molecule has 3 heterocycles. The minimum absolute atomic E-state index is 0.00632. The summed E-state index contributed by atoms with van der Waals surface area (Å²) in [5, 5.41) is 12.3. The van der Waals surface area contributed by atoms with Crippen LogP contribution >= 0.6 is 11.3 Å². The maximum absolute atomic E-state index is 13.2. The summed E-state index contributed by atoms with van der Waals surface area (Å²) in [6, 6.07) is 17.3. The Balaban J connectivity index is 1.30. The number of hydrogen-bond acceptors (Lipinski definition) is 7. The number of amides is 1. The first kappa shape index (κ1) is 21.4. The first-order valence-corrected chi connectivity index (χ1v) is 12.7. The Kier molecular flexibility index (Phi) is 5.69. The third-order valence-electron chi connectivity index (χ3n) is 5.36. The normalized spacial score (nSPS) is 13.5. The molecule has 0 saturated heterocycles. The van der Waals surface area contributed by atoms with E-state index in [0.29, 0.717) is 24.5 Å². The molecule has 2 aromatic heterocycles. The second kappa shape index (κ2) is 8.80. The van der Waals surface area contributed by atoms with Gasteiger partial charge in [0.15, 0.2) is 0 Å². The molecule has 5 rings (SSSR count). The van der Waals surface area contributed by atoms with Gasteiger partial charge in [0.1, 0.15) is 0 Å². The predicted octanol–water partition coefficient (Wildman–Crippen LogP) is 4.12. The number of hydrogen-bond donors (Lipinski definition) is 1. The molecule has 0 radical (unpaired) electrons. The number of anilines is 2. The van der Waals surface area contributed by atoms with Gasteiger partial charge in [-0.15, -0.1) is 16.4 Å². The second-order valence-corrected chi connectivity index (χ2v) is 10.4. The molecule has 0 bridgehead atoms. The quantitative estimate of drug-likeness (QED) is 0.445. The zero-order valence-corrected chi connectivity index (χ0v) is 19.1. The molecule has 4 aromatic rings. The molecule has 168 valence electrons. The molecule has 1 N–H and O–H groups in total. The Labute approximate surface area is 194 Å². The first-order chi connectivity index (χ1) is 16.0. The number of sulfonamides is 1. The molecule has 33 heavy (non-hydrogen) atoms. The third kappa shape index (κ3) is 4.39. The Hall–Kier alpha value is -3.50. The molecule has 10 heteroatoms. The maximum Gasteiger partial charge on any atom is 0.322 e. The highest BCUT2D eigenvalue weighted by molar-refractivity contribution is 7.92. The van der Waals surface area contributed by atoms with E-state index in [1.54, 1.807) is 11.3 Å². The topological polar surface area (TPSA) is 105 Å². The van der Waals surface area contributed by atoms with Crippen molar-refractivity contribution in [3.8, 4) is 0 Å². The van der Waals surface area contributed by atoms with Crippen molar-refractivity contribution in [2.75, 3.05) is 16.2 Å². The van der Waals surface area contributed by atoms with Crippen LogP contribution in [0.15, 0.2) is 75.4 Å². The van der Waals surface area contributed by atoms with Gasteiger partial charge in [0.25, 0.3) is 15.9 Å². The Morgan fingerprint density at radius 3 is 2.67 bits per heavy atom. The van der Waals surface area contributed by atoms with Crippen molar-refractivity contribution in [1.82, 2.24) is 10.2 Å². The van der Waals surface area contributed by atoms with Gasteiger partial charge in [-0.05, 0) is 60.2 Å². The summed E-state index contributed by atoms with van der Waals surface area (Å²) in [6.07, 6.45) is 2.11. The van der Waals surface area contributed by atoms with Crippen LogP contribution in [-0.4, -0.2) is 31.1 Å². The van der Waals surface area contributed by atoms with E-state index in [4.69, 9.17) is 4.42 Å². The van der Waals surface area contributed by atoms with E-state index in [1.165, 1.54) is 28.6 Å². The van der Waals surface area contributed by atoms with Gasteiger partial charge >= 0.3 is 6.01 Å². The fourth-order valence-corrected chi connectivity index (χ4v) is 6.00. The van der Waals surface area contributed by atoms with Crippen LogP contribution in [0.4, 0.5) is 11.7 Å². The van der Waals surface area contributed by atoms with Gasteiger partial charge in [0.2, 0.25) is 5.89 Å². The van der Waals surface area contributed by atoms with Gasteiger partial charge in [0, 0.05) is 17.0 Å². The lowest BCUT2D eigenvalue weighted by Gasteiger charge is -2.30. The standard InChI is InChI=1S/C23H20N4O4S2/c28-22(24-23-26-25-21(31-23)15-18-7-4-14-32-18)17-9-11-19(12-10-17)33(29,30)27-13-3-6-16-5-1-2-8-20(16)27/h1-2,4-5,7-12,14H,3,6,13,15H2,(H,24,26,28). The highest BCUT2D eigenvalue weighted by Gasteiger charge is 2.29. The molecule has 1 aliphatic rings. The molecule has 1 aliphatic heterocycles. The smallest absolute Gasteiger partial charge is 0.322 e. The third-order valence-corrected chi connectivity index (χ3v) is 8.07. The van der Waals surface area contributed by atoms with E-state index >= 15 is 0 Å². The van der Waals surface area contributed by atoms with Gasteiger partial charge < -0.3 is 4.42 Å². The highest BCUT2D eigenvalue weighted by Crippen LogP contribution is 2.31. The monoisotopic (exact) mass is 480 g/mol. The second-order valence-electron chi connectivity index (χ2n) is 7.55. The average Bonchev–Trinajstić information content (AvgIpc) is 3.51. The summed E-state index contributed by atoms with van der Waals surface area (Å²) >= 11 is 1.58. The number of thiophene rings is 1. The average molecular weight is 481 g/mol. The van der Waals surface area contributed by atoms with Crippen LogP contribution in [0.5, 0.6) is 0 Å². The SMILES string of the molecule is O=C(Nc1nnc(Cc2cccs2)o1)c1ccc(S(=O)(=O)N2CCCc3ccccc32)cc1. The number of nitrogens with one attached hydrogen (secondary N) is 1. The van der Waals surface area contributed by atoms with E-state index in [0.717, 1.165) is 23.3 Å². The summed E-state index contributed by atoms with van der Waals surface area (Å²) in [7, 11) is -3.74. The Morgan fingerprint density at radius 2 is 1.88 bits per heavy atom. The molecule has 0 atom stereocenters. The van der Waals surface area contributed by atoms with Crippen LogP contribution in [0.25, 0.3) is 0 Å². The molecule has 0 saturated carbocycles. The zero-order chi connectivity index (χ0) is 22.8. The minimum atomic E-state index is -3.74. The Bertz CT molecular complexity index is 1380.